The molecule has 4 heterocycles. The minimum atomic E-state index is 0.227. The van der Waals surface area contributed by atoms with E-state index < -0.39 is 0 Å². The van der Waals surface area contributed by atoms with E-state index in [1.165, 1.54) is 0 Å². The van der Waals surface area contributed by atoms with Crippen molar-refractivity contribution >= 4 is 22.0 Å². The molecule has 0 amide bonds. The van der Waals surface area contributed by atoms with Gasteiger partial charge in [-0.2, -0.15) is 0 Å². The molecule has 132 valence electrons. The zero-order valence-corrected chi connectivity index (χ0v) is 14.7. The van der Waals surface area contributed by atoms with Gasteiger partial charge in [0, 0.05) is 23.3 Å². The maximum atomic E-state index is 5.95. The van der Waals surface area contributed by atoms with E-state index in [9.17, 15) is 0 Å². The van der Waals surface area contributed by atoms with Gasteiger partial charge in [0.25, 0.3) is 5.71 Å². The second kappa shape index (κ2) is 5.98. The number of benzene rings is 1. The SMILES string of the molecule is CC(C)c1noc2ncc(-c3nnc(-c4cccc5ncccc45)o3)cc12. The standard InChI is InChI=1S/C20H15N5O2/c1-11(2)17-15-9-12(10-22-19(15)27-25-17)18-23-24-20(26-18)14-5-3-7-16-13(14)6-4-8-21-16/h3-11H,1-2H3. The Labute approximate surface area is 154 Å². The summed E-state index contributed by atoms with van der Waals surface area (Å²) >= 11 is 0. The van der Waals surface area contributed by atoms with Gasteiger partial charge >= 0.3 is 0 Å². The fourth-order valence-electron chi connectivity index (χ4n) is 3.12. The second-order valence-corrected chi connectivity index (χ2v) is 6.59. The van der Waals surface area contributed by atoms with Crippen molar-refractivity contribution < 1.29 is 8.94 Å². The predicted octanol–water partition coefficient (Wildman–Crippen LogP) is 4.61. The molecule has 5 aromatic rings. The number of fused-ring (bicyclic) bond motifs is 2. The van der Waals surface area contributed by atoms with Crippen LogP contribution in [0.2, 0.25) is 0 Å². The molecule has 7 heteroatoms. The predicted molar refractivity (Wildman–Crippen MR) is 99.9 cm³/mol. The van der Waals surface area contributed by atoms with Crippen LogP contribution in [0.4, 0.5) is 0 Å². The van der Waals surface area contributed by atoms with Gasteiger partial charge in [-0.25, -0.2) is 4.98 Å². The third-order valence-electron chi connectivity index (χ3n) is 4.45. The van der Waals surface area contributed by atoms with Crippen LogP contribution in [0.1, 0.15) is 25.5 Å². The Morgan fingerprint density at radius 2 is 1.81 bits per heavy atom. The summed E-state index contributed by atoms with van der Waals surface area (Å²) in [4.78, 5) is 8.70. The van der Waals surface area contributed by atoms with Crippen LogP contribution in [0, 0.1) is 0 Å². The summed E-state index contributed by atoms with van der Waals surface area (Å²) in [6.45, 7) is 4.12. The number of hydrogen-bond donors (Lipinski definition) is 0. The van der Waals surface area contributed by atoms with Gasteiger partial charge < -0.3 is 8.94 Å². The molecule has 4 aromatic heterocycles. The molecule has 0 saturated heterocycles. The number of aromatic nitrogens is 5. The summed E-state index contributed by atoms with van der Waals surface area (Å²) in [6.07, 6.45) is 3.41. The summed E-state index contributed by atoms with van der Waals surface area (Å²) < 4.78 is 11.2. The van der Waals surface area contributed by atoms with Gasteiger partial charge in [0.15, 0.2) is 0 Å². The first-order valence-corrected chi connectivity index (χ1v) is 8.64. The monoisotopic (exact) mass is 357 g/mol. The first kappa shape index (κ1) is 15.6. The lowest BCUT2D eigenvalue weighted by Gasteiger charge is -2.01. The molecule has 0 aliphatic carbocycles. The van der Waals surface area contributed by atoms with Gasteiger partial charge in [-0.1, -0.05) is 31.1 Å². The van der Waals surface area contributed by atoms with Gasteiger partial charge in [-0.3, -0.25) is 4.98 Å². The van der Waals surface area contributed by atoms with Crippen LogP contribution in [0.25, 0.3) is 44.9 Å². The highest BCUT2D eigenvalue weighted by Crippen LogP contribution is 2.31. The average molecular weight is 357 g/mol. The van der Waals surface area contributed by atoms with Crippen LogP contribution >= 0.6 is 0 Å². The maximum Gasteiger partial charge on any atom is 0.257 e. The zero-order valence-electron chi connectivity index (χ0n) is 14.7. The Morgan fingerprint density at radius 3 is 2.70 bits per heavy atom. The fourth-order valence-corrected chi connectivity index (χ4v) is 3.12. The van der Waals surface area contributed by atoms with Crippen molar-refractivity contribution in [1.82, 2.24) is 25.3 Å². The van der Waals surface area contributed by atoms with Gasteiger partial charge in [-0.05, 0) is 30.2 Å². The maximum absolute atomic E-state index is 5.95. The number of rotatable bonds is 3. The number of hydrogen-bond acceptors (Lipinski definition) is 7. The van der Waals surface area contributed by atoms with Crippen molar-refractivity contribution in [3.63, 3.8) is 0 Å². The van der Waals surface area contributed by atoms with Crippen LogP contribution in [-0.2, 0) is 0 Å². The topological polar surface area (TPSA) is 90.7 Å². The molecule has 1 aromatic carbocycles. The molecule has 0 aliphatic rings. The van der Waals surface area contributed by atoms with Crippen molar-refractivity contribution in [2.45, 2.75) is 19.8 Å². The van der Waals surface area contributed by atoms with Crippen molar-refractivity contribution in [2.24, 2.45) is 0 Å². The third-order valence-corrected chi connectivity index (χ3v) is 4.45. The molecule has 0 fully saturated rings. The second-order valence-electron chi connectivity index (χ2n) is 6.59. The molecule has 0 atom stereocenters. The number of nitrogens with zero attached hydrogens (tertiary/aromatic N) is 5. The Morgan fingerprint density at radius 1 is 0.926 bits per heavy atom. The molecule has 0 bridgehead atoms. The van der Waals surface area contributed by atoms with Crippen molar-refractivity contribution in [2.75, 3.05) is 0 Å². The summed E-state index contributed by atoms with van der Waals surface area (Å²) in [5.74, 6) is 1.07. The molecule has 7 nitrogen and oxygen atoms in total. The molecule has 0 N–H and O–H groups in total. The molecule has 5 rings (SSSR count). The number of pyridine rings is 2. The molecule has 0 saturated carbocycles. The molecule has 0 aliphatic heterocycles. The lowest BCUT2D eigenvalue weighted by Crippen LogP contribution is -1.88. The van der Waals surface area contributed by atoms with Gasteiger partial charge in [0.1, 0.15) is 0 Å². The first-order valence-electron chi connectivity index (χ1n) is 8.64. The summed E-state index contributed by atoms with van der Waals surface area (Å²) in [5, 5.41) is 14.4. The van der Waals surface area contributed by atoms with Crippen molar-refractivity contribution in [3.05, 3.63) is 54.5 Å². The van der Waals surface area contributed by atoms with Crippen molar-refractivity contribution in [3.8, 4) is 22.9 Å². The highest BCUT2D eigenvalue weighted by atomic mass is 16.5. The van der Waals surface area contributed by atoms with Gasteiger partial charge in [0.2, 0.25) is 11.8 Å². The van der Waals surface area contributed by atoms with E-state index in [4.69, 9.17) is 8.94 Å². The Balaban J connectivity index is 1.61. The summed E-state index contributed by atoms with van der Waals surface area (Å²) in [5.41, 5.74) is 3.82. The fraction of sp³-hybridized carbons (Fsp3) is 0.150. The minimum absolute atomic E-state index is 0.227. The van der Waals surface area contributed by atoms with E-state index in [2.05, 4.69) is 39.2 Å². The largest absolute Gasteiger partial charge is 0.416 e. The normalized spacial score (nSPS) is 11.7. The Hall–Kier alpha value is -3.61. The molecule has 27 heavy (non-hydrogen) atoms. The van der Waals surface area contributed by atoms with Gasteiger partial charge in [-0.15, -0.1) is 10.2 Å². The van der Waals surface area contributed by atoms with Crippen LogP contribution in [0.3, 0.4) is 0 Å². The zero-order chi connectivity index (χ0) is 18.4. The van der Waals surface area contributed by atoms with E-state index in [1.54, 1.807) is 12.4 Å². The average Bonchev–Trinajstić information content (AvgIpc) is 3.34. The van der Waals surface area contributed by atoms with Gasteiger partial charge in [0.05, 0.1) is 22.2 Å². The van der Waals surface area contributed by atoms with E-state index in [0.717, 1.165) is 33.1 Å². The molecule has 0 unspecified atom stereocenters. The third kappa shape index (κ3) is 2.55. The van der Waals surface area contributed by atoms with Crippen LogP contribution in [0.5, 0.6) is 0 Å². The van der Waals surface area contributed by atoms with Crippen LogP contribution in [-0.4, -0.2) is 25.3 Å². The molecule has 0 spiro atoms. The lowest BCUT2D eigenvalue weighted by molar-refractivity contribution is 0.434. The summed E-state index contributed by atoms with van der Waals surface area (Å²) in [6, 6.07) is 11.6. The highest BCUT2D eigenvalue weighted by Gasteiger charge is 2.17. The molecular weight excluding hydrogens is 342 g/mol. The lowest BCUT2D eigenvalue weighted by atomic mass is 10.1. The van der Waals surface area contributed by atoms with Crippen LogP contribution < -0.4 is 0 Å². The first-order chi connectivity index (χ1) is 13.2. The molecular formula is C20H15N5O2. The highest BCUT2D eigenvalue weighted by molar-refractivity contribution is 5.92. The van der Waals surface area contributed by atoms with Crippen LogP contribution in [0.15, 0.2) is 57.7 Å². The van der Waals surface area contributed by atoms with E-state index in [0.29, 0.717) is 17.5 Å². The van der Waals surface area contributed by atoms with Crippen molar-refractivity contribution in [1.29, 1.82) is 0 Å². The minimum Gasteiger partial charge on any atom is -0.416 e. The quantitative estimate of drug-likeness (QED) is 0.465. The Kier molecular flexibility index (Phi) is 3.46. The Bertz CT molecular complexity index is 1270. The molecule has 0 radical (unpaired) electrons. The van der Waals surface area contributed by atoms with E-state index >= 15 is 0 Å². The van der Waals surface area contributed by atoms with E-state index in [-0.39, 0.29) is 5.92 Å². The van der Waals surface area contributed by atoms with E-state index in [1.807, 2.05) is 36.4 Å². The summed E-state index contributed by atoms with van der Waals surface area (Å²) in [7, 11) is 0. The smallest absolute Gasteiger partial charge is 0.257 e.